The first-order chi connectivity index (χ1) is 10.8. The molecule has 0 aliphatic carbocycles. The Hall–Kier alpha value is -0.514. The molecular formula is C20H30Ge2O. The summed E-state index contributed by atoms with van der Waals surface area (Å²) in [6.07, 6.45) is 0. The first-order valence-electron chi connectivity index (χ1n) is 8.62. The Labute approximate surface area is 147 Å². The Bertz CT molecular complexity index is 567. The predicted molar refractivity (Wildman–Crippen MR) is 107 cm³/mol. The Morgan fingerprint density at radius 1 is 0.652 bits per heavy atom. The van der Waals surface area contributed by atoms with E-state index in [9.17, 15) is 0 Å². The fourth-order valence-electron chi connectivity index (χ4n) is 2.97. The van der Waals surface area contributed by atoms with Crippen molar-refractivity contribution in [1.82, 2.24) is 0 Å². The van der Waals surface area contributed by atoms with Crippen LogP contribution in [0.3, 0.4) is 0 Å². The van der Waals surface area contributed by atoms with Gasteiger partial charge < -0.3 is 0 Å². The van der Waals surface area contributed by atoms with Gasteiger partial charge in [0, 0.05) is 0 Å². The maximum atomic E-state index is 7.30. The van der Waals surface area contributed by atoms with Gasteiger partial charge in [0.25, 0.3) is 0 Å². The topological polar surface area (TPSA) is 9.23 Å². The van der Waals surface area contributed by atoms with Crippen LogP contribution in [0.1, 0.15) is 27.7 Å². The summed E-state index contributed by atoms with van der Waals surface area (Å²) in [7, 11) is 0. The molecule has 0 saturated carbocycles. The van der Waals surface area contributed by atoms with Gasteiger partial charge in [-0.2, -0.15) is 0 Å². The van der Waals surface area contributed by atoms with Crippen LogP contribution in [-0.2, 0) is 2.79 Å². The fourth-order valence-corrected chi connectivity index (χ4v) is 29.3. The second-order valence-electron chi connectivity index (χ2n) is 7.48. The van der Waals surface area contributed by atoms with Crippen LogP contribution in [0.2, 0.25) is 21.0 Å². The van der Waals surface area contributed by atoms with Gasteiger partial charge in [-0.3, -0.25) is 0 Å². The maximum absolute atomic E-state index is 7.30. The molecule has 0 atom stereocenters. The molecule has 0 radical (unpaired) electrons. The van der Waals surface area contributed by atoms with E-state index in [2.05, 4.69) is 99.9 Å². The van der Waals surface area contributed by atoms with Crippen molar-refractivity contribution in [2.45, 2.75) is 48.7 Å². The Morgan fingerprint density at radius 3 is 1.35 bits per heavy atom. The monoisotopic (exact) mass is 434 g/mol. The zero-order valence-corrected chi connectivity index (χ0v) is 19.5. The van der Waals surface area contributed by atoms with Crippen molar-refractivity contribution in [2.75, 3.05) is 0 Å². The predicted octanol–water partition coefficient (Wildman–Crippen LogP) is 4.79. The second-order valence-corrected chi connectivity index (χ2v) is 27.2. The number of hydrogen-bond donors (Lipinski definition) is 0. The molecular weight excluding hydrogens is 401 g/mol. The molecule has 0 N–H and O–H groups in total. The minimum atomic E-state index is -2.90. The molecule has 2 aromatic carbocycles. The summed E-state index contributed by atoms with van der Waals surface area (Å²) >= 11 is -5.22. The van der Waals surface area contributed by atoms with Crippen LogP contribution < -0.4 is 8.79 Å². The molecule has 2 rings (SSSR count). The van der Waals surface area contributed by atoms with Gasteiger partial charge in [0.15, 0.2) is 0 Å². The average molecular weight is 432 g/mol. The molecule has 2 aromatic rings. The summed E-state index contributed by atoms with van der Waals surface area (Å²) < 4.78 is 11.4. The molecule has 124 valence electrons. The van der Waals surface area contributed by atoms with E-state index in [4.69, 9.17) is 2.79 Å². The van der Waals surface area contributed by atoms with Crippen LogP contribution in [0.25, 0.3) is 0 Å². The molecule has 0 aliphatic heterocycles. The first kappa shape index (κ1) is 18.8. The number of rotatable bonds is 6. The first-order valence-corrected chi connectivity index (χ1v) is 19.0. The molecule has 0 unspecified atom stereocenters. The van der Waals surface area contributed by atoms with Gasteiger partial charge >= 0.3 is 148 Å². The third-order valence-electron chi connectivity index (χ3n) is 5.03. The Kier molecular flexibility index (Phi) is 6.20. The van der Waals surface area contributed by atoms with E-state index in [0.29, 0.717) is 9.50 Å². The molecule has 0 heterocycles. The summed E-state index contributed by atoms with van der Waals surface area (Å²) in [6.45, 7) is 9.39. The van der Waals surface area contributed by atoms with E-state index in [1.165, 1.54) is 8.79 Å². The molecule has 1 nitrogen and oxygen atoms in total. The van der Waals surface area contributed by atoms with Crippen molar-refractivity contribution in [3.8, 4) is 0 Å². The van der Waals surface area contributed by atoms with Crippen LogP contribution in [0.15, 0.2) is 60.7 Å². The Morgan fingerprint density at radius 2 is 1.04 bits per heavy atom. The van der Waals surface area contributed by atoms with E-state index < -0.39 is 27.2 Å². The van der Waals surface area contributed by atoms with Gasteiger partial charge in [-0.05, 0) is 0 Å². The zero-order valence-electron chi connectivity index (χ0n) is 15.3. The quantitative estimate of drug-likeness (QED) is 0.598. The Balaban J connectivity index is 2.67. The van der Waals surface area contributed by atoms with Crippen LogP contribution >= 0.6 is 0 Å². The molecule has 0 bridgehead atoms. The van der Waals surface area contributed by atoms with Crippen molar-refractivity contribution in [1.29, 1.82) is 0 Å². The van der Waals surface area contributed by atoms with E-state index >= 15 is 0 Å². The molecule has 3 heteroatoms. The van der Waals surface area contributed by atoms with E-state index in [1.54, 1.807) is 0 Å². The van der Waals surface area contributed by atoms with Crippen LogP contribution in [0, 0.1) is 0 Å². The van der Waals surface area contributed by atoms with Gasteiger partial charge in [0.2, 0.25) is 0 Å². The summed E-state index contributed by atoms with van der Waals surface area (Å²) in [5.74, 6) is 4.86. The normalized spacial score (nSPS) is 12.9. The molecule has 0 aliphatic rings. The number of hydrogen-bond acceptors (Lipinski definition) is 1. The third-order valence-corrected chi connectivity index (χ3v) is 30.3. The molecule has 0 fully saturated rings. The standard InChI is InChI=1S/C20H30Ge2O/c1-17(2)21(5,6)23-22(18(3)4,19-13-9-7-10-14-19)20-15-11-8-12-16-20/h7-18H,1-6H3. The van der Waals surface area contributed by atoms with Crippen molar-refractivity contribution >= 4 is 36.0 Å². The summed E-state index contributed by atoms with van der Waals surface area (Å²) in [5, 5.41) is 0. The summed E-state index contributed by atoms with van der Waals surface area (Å²) in [6, 6.07) is 22.1. The van der Waals surface area contributed by atoms with Crippen LogP contribution in [-0.4, -0.2) is 27.2 Å². The van der Waals surface area contributed by atoms with Gasteiger partial charge in [-0.25, -0.2) is 0 Å². The third kappa shape index (κ3) is 3.94. The minimum absolute atomic E-state index is 0.545. The van der Waals surface area contributed by atoms with Gasteiger partial charge in [-0.1, -0.05) is 0 Å². The van der Waals surface area contributed by atoms with Gasteiger partial charge in [0.1, 0.15) is 0 Å². The van der Waals surface area contributed by atoms with E-state index in [1.807, 2.05) is 0 Å². The van der Waals surface area contributed by atoms with E-state index in [-0.39, 0.29) is 0 Å². The second kappa shape index (κ2) is 7.58. The van der Waals surface area contributed by atoms with Crippen LogP contribution in [0.5, 0.6) is 0 Å². The van der Waals surface area contributed by atoms with Gasteiger partial charge in [0.05, 0.1) is 0 Å². The van der Waals surface area contributed by atoms with Crippen molar-refractivity contribution < 1.29 is 2.79 Å². The summed E-state index contributed by atoms with van der Waals surface area (Å²) in [5.41, 5.74) is 0. The molecule has 0 spiro atoms. The fraction of sp³-hybridized carbons (Fsp3) is 0.400. The van der Waals surface area contributed by atoms with Crippen LogP contribution in [0.4, 0.5) is 0 Å². The molecule has 0 saturated heterocycles. The SMILES string of the molecule is C[CH](C)[Ge]([CH3])([CH3])[O][Ge]([c]1ccccc1)([c]1ccccc1)[CH](C)C. The van der Waals surface area contributed by atoms with E-state index in [0.717, 1.165) is 0 Å². The average Bonchev–Trinajstić information content (AvgIpc) is 2.54. The van der Waals surface area contributed by atoms with Gasteiger partial charge in [-0.15, -0.1) is 0 Å². The van der Waals surface area contributed by atoms with Crippen molar-refractivity contribution in [3.05, 3.63) is 60.7 Å². The van der Waals surface area contributed by atoms with Crippen molar-refractivity contribution in [3.63, 3.8) is 0 Å². The summed E-state index contributed by atoms with van der Waals surface area (Å²) in [4.78, 5) is 0. The number of benzene rings is 2. The molecule has 0 aromatic heterocycles. The zero-order chi connectivity index (χ0) is 17.1. The molecule has 23 heavy (non-hydrogen) atoms. The molecule has 0 amide bonds. The van der Waals surface area contributed by atoms with Crippen molar-refractivity contribution in [2.24, 2.45) is 0 Å².